The van der Waals surface area contributed by atoms with Crippen LogP contribution in [0.2, 0.25) is 0 Å². The SMILES string of the molecule is CCc1ccc(CCNC(=O)Cn2cnc3c2N=CC(O)N3C)cc1. The highest BCUT2D eigenvalue weighted by atomic mass is 16.3. The van der Waals surface area contributed by atoms with Gasteiger partial charge in [0.25, 0.3) is 0 Å². The van der Waals surface area contributed by atoms with Crippen molar-refractivity contribution in [1.29, 1.82) is 0 Å². The van der Waals surface area contributed by atoms with Crippen molar-refractivity contribution in [3.63, 3.8) is 0 Å². The predicted molar refractivity (Wildman–Crippen MR) is 97.3 cm³/mol. The maximum Gasteiger partial charge on any atom is 0.240 e. The third kappa shape index (κ3) is 3.88. The molecule has 132 valence electrons. The number of aryl methyl sites for hydroxylation is 1. The molecule has 1 amide bonds. The summed E-state index contributed by atoms with van der Waals surface area (Å²) in [5.74, 6) is 1.06. The van der Waals surface area contributed by atoms with Crippen LogP contribution in [0.4, 0.5) is 11.6 Å². The maximum atomic E-state index is 12.2. The first-order chi connectivity index (χ1) is 12.1. The van der Waals surface area contributed by atoms with Crippen LogP contribution in [0.1, 0.15) is 18.1 Å². The number of benzene rings is 1. The predicted octanol–water partition coefficient (Wildman–Crippen LogP) is 1.27. The van der Waals surface area contributed by atoms with Gasteiger partial charge in [-0.1, -0.05) is 31.2 Å². The van der Waals surface area contributed by atoms with Crippen molar-refractivity contribution in [2.45, 2.75) is 32.5 Å². The largest absolute Gasteiger partial charge is 0.368 e. The van der Waals surface area contributed by atoms with Crippen molar-refractivity contribution in [3.05, 3.63) is 41.7 Å². The lowest BCUT2D eigenvalue weighted by atomic mass is 10.1. The number of imidazole rings is 1. The van der Waals surface area contributed by atoms with Gasteiger partial charge in [0.1, 0.15) is 6.54 Å². The van der Waals surface area contributed by atoms with E-state index in [4.69, 9.17) is 0 Å². The molecular weight excluding hydrogens is 318 g/mol. The minimum absolute atomic E-state index is 0.0886. The first-order valence-electron chi connectivity index (χ1n) is 8.43. The summed E-state index contributed by atoms with van der Waals surface area (Å²) in [5.41, 5.74) is 2.52. The number of hydrogen-bond acceptors (Lipinski definition) is 5. The highest BCUT2D eigenvalue weighted by Gasteiger charge is 2.23. The third-order valence-corrected chi connectivity index (χ3v) is 4.33. The Labute approximate surface area is 147 Å². The number of aliphatic imine (C=N–C) groups is 1. The van der Waals surface area contributed by atoms with Gasteiger partial charge in [0.15, 0.2) is 17.9 Å². The van der Waals surface area contributed by atoms with Crippen LogP contribution in [-0.2, 0) is 24.2 Å². The van der Waals surface area contributed by atoms with E-state index in [1.54, 1.807) is 22.8 Å². The third-order valence-electron chi connectivity index (χ3n) is 4.33. The number of aliphatic hydroxyl groups is 1. The Morgan fingerprint density at radius 1 is 1.28 bits per heavy atom. The molecule has 7 nitrogen and oxygen atoms in total. The number of anilines is 1. The van der Waals surface area contributed by atoms with E-state index in [1.807, 2.05) is 0 Å². The van der Waals surface area contributed by atoms with Gasteiger partial charge in [-0.3, -0.25) is 4.79 Å². The fourth-order valence-corrected chi connectivity index (χ4v) is 2.72. The maximum absolute atomic E-state index is 12.2. The van der Waals surface area contributed by atoms with E-state index in [0.717, 1.165) is 12.8 Å². The van der Waals surface area contributed by atoms with Crippen molar-refractivity contribution in [3.8, 4) is 0 Å². The first-order valence-corrected chi connectivity index (χ1v) is 8.43. The Hall–Kier alpha value is -2.67. The Morgan fingerprint density at radius 2 is 2.00 bits per heavy atom. The summed E-state index contributed by atoms with van der Waals surface area (Å²) in [6.45, 7) is 2.87. The van der Waals surface area contributed by atoms with Gasteiger partial charge in [0.05, 0.1) is 12.5 Å². The number of amides is 1. The summed E-state index contributed by atoms with van der Waals surface area (Å²) in [6, 6.07) is 8.45. The zero-order valence-corrected chi connectivity index (χ0v) is 14.5. The van der Waals surface area contributed by atoms with Gasteiger partial charge in [-0.2, -0.15) is 0 Å². The number of fused-ring (bicyclic) bond motifs is 1. The summed E-state index contributed by atoms with van der Waals surface area (Å²) >= 11 is 0. The number of carbonyl (C=O) groups is 1. The lowest BCUT2D eigenvalue weighted by Gasteiger charge is -2.24. The second kappa shape index (κ2) is 7.48. The van der Waals surface area contributed by atoms with E-state index >= 15 is 0 Å². The summed E-state index contributed by atoms with van der Waals surface area (Å²) < 4.78 is 1.68. The summed E-state index contributed by atoms with van der Waals surface area (Å²) in [4.78, 5) is 22.2. The summed E-state index contributed by atoms with van der Waals surface area (Å²) in [5, 5.41) is 12.6. The van der Waals surface area contributed by atoms with Gasteiger partial charge in [-0.15, -0.1) is 0 Å². The zero-order valence-electron chi connectivity index (χ0n) is 14.5. The molecule has 2 aromatic rings. The molecule has 2 heterocycles. The Morgan fingerprint density at radius 3 is 2.72 bits per heavy atom. The molecule has 0 aliphatic carbocycles. The van der Waals surface area contributed by atoms with Crippen LogP contribution in [0.15, 0.2) is 35.6 Å². The van der Waals surface area contributed by atoms with Crippen molar-refractivity contribution in [2.75, 3.05) is 18.5 Å². The molecule has 2 N–H and O–H groups in total. The normalized spacial score (nSPS) is 16.0. The van der Waals surface area contributed by atoms with Crippen molar-refractivity contribution >= 4 is 23.8 Å². The number of aliphatic hydroxyl groups excluding tert-OH is 1. The number of nitrogens with one attached hydrogen (secondary N) is 1. The molecule has 0 radical (unpaired) electrons. The molecule has 25 heavy (non-hydrogen) atoms. The molecule has 0 saturated carbocycles. The van der Waals surface area contributed by atoms with Crippen LogP contribution in [0.25, 0.3) is 0 Å². The second-order valence-electron chi connectivity index (χ2n) is 6.09. The number of carbonyl (C=O) groups excluding carboxylic acids is 1. The van der Waals surface area contributed by atoms with Crippen LogP contribution in [-0.4, -0.2) is 46.6 Å². The fourth-order valence-electron chi connectivity index (χ4n) is 2.72. The Bertz CT molecular complexity index is 766. The van der Waals surface area contributed by atoms with Crippen molar-refractivity contribution < 1.29 is 9.90 Å². The molecule has 0 saturated heterocycles. The number of nitrogens with zero attached hydrogens (tertiary/aromatic N) is 4. The lowest BCUT2D eigenvalue weighted by Crippen LogP contribution is -2.35. The summed E-state index contributed by atoms with van der Waals surface area (Å²) in [7, 11) is 1.73. The monoisotopic (exact) mass is 341 g/mol. The molecule has 1 aromatic carbocycles. The van der Waals surface area contributed by atoms with Gasteiger partial charge in [-0.05, 0) is 24.0 Å². The van der Waals surface area contributed by atoms with E-state index in [9.17, 15) is 9.90 Å². The van der Waals surface area contributed by atoms with E-state index < -0.39 is 6.23 Å². The average molecular weight is 341 g/mol. The van der Waals surface area contributed by atoms with Crippen LogP contribution in [0.5, 0.6) is 0 Å². The van der Waals surface area contributed by atoms with Crippen LogP contribution in [0.3, 0.4) is 0 Å². The van der Waals surface area contributed by atoms with Crippen LogP contribution in [0, 0.1) is 0 Å². The lowest BCUT2D eigenvalue weighted by molar-refractivity contribution is -0.121. The van der Waals surface area contributed by atoms with Crippen molar-refractivity contribution in [1.82, 2.24) is 14.9 Å². The molecule has 0 spiro atoms. The molecular formula is C18H23N5O2. The fraction of sp³-hybridized carbons (Fsp3) is 0.389. The molecule has 1 aromatic heterocycles. The van der Waals surface area contributed by atoms with E-state index in [-0.39, 0.29) is 12.5 Å². The van der Waals surface area contributed by atoms with E-state index in [2.05, 4.69) is 46.5 Å². The van der Waals surface area contributed by atoms with Crippen LogP contribution >= 0.6 is 0 Å². The minimum Gasteiger partial charge on any atom is -0.368 e. The standard InChI is InChI=1S/C18H23N5O2/c1-3-13-4-6-14(7-5-13)8-9-19-15(24)11-23-12-21-17-18(23)20-10-16(25)22(17)2/h4-7,10,12,16,25H,3,8-9,11H2,1-2H3,(H,19,24). The highest BCUT2D eigenvalue weighted by Crippen LogP contribution is 2.29. The zero-order chi connectivity index (χ0) is 17.8. The molecule has 1 atom stereocenters. The quantitative estimate of drug-likeness (QED) is 0.829. The smallest absolute Gasteiger partial charge is 0.240 e. The van der Waals surface area contributed by atoms with E-state index in [1.165, 1.54) is 17.3 Å². The Kier molecular flexibility index (Phi) is 5.14. The molecule has 0 fully saturated rings. The molecule has 1 aliphatic heterocycles. The first kappa shape index (κ1) is 17.2. The highest BCUT2D eigenvalue weighted by molar-refractivity contribution is 5.81. The van der Waals surface area contributed by atoms with Gasteiger partial charge < -0.3 is 19.9 Å². The van der Waals surface area contributed by atoms with Gasteiger partial charge in [0, 0.05) is 13.6 Å². The molecule has 7 heteroatoms. The summed E-state index contributed by atoms with van der Waals surface area (Å²) in [6.07, 6.45) is 4.04. The topological polar surface area (TPSA) is 82.8 Å². The molecule has 1 aliphatic rings. The molecule has 3 rings (SSSR count). The van der Waals surface area contributed by atoms with Gasteiger partial charge in [-0.25, -0.2) is 9.98 Å². The number of rotatable bonds is 6. The Balaban J connectivity index is 1.52. The average Bonchev–Trinajstić information content (AvgIpc) is 3.02. The van der Waals surface area contributed by atoms with Gasteiger partial charge >= 0.3 is 0 Å². The second-order valence-corrected chi connectivity index (χ2v) is 6.09. The molecule has 1 unspecified atom stereocenters. The van der Waals surface area contributed by atoms with Crippen LogP contribution < -0.4 is 10.2 Å². The number of aromatic nitrogens is 2. The minimum atomic E-state index is -0.788. The molecule has 0 bridgehead atoms. The van der Waals surface area contributed by atoms with Crippen molar-refractivity contribution in [2.24, 2.45) is 4.99 Å². The number of hydrogen-bond donors (Lipinski definition) is 2. The van der Waals surface area contributed by atoms with Gasteiger partial charge in [0.2, 0.25) is 5.91 Å². The van der Waals surface area contributed by atoms with E-state index in [0.29, 0.717) is 18.2 Å².